The van der Waals surface area contributed by atoms with Crippen LogP contribution in [0.5, 0.6) is 5.75 Å². The van der Waals surface area contributed by atoms with E-state index in [-0.39, 0.29) is 16.8 Å². The standard InChI is InChI=1S/C13H10F3N3O2S2/c14-13(15,16)21-9-5-3-8(4-6-9)17-12(22)19-18-11(20)10-2-1-7-23-10/h1-7H,(H,18,20)(H2,17,19,22). The quantitative estimate of drug-likeness (QED) is 0.579. The minimum Gasteiger partial charge on any atom is -0.406 e. The highest BCUT2D eigenvalue weighted by molar-refractivity contribution is 7.80. The van der Waals surface area contributed by atoms with Crippen molar-refractivity contribution < 1.29 is 22.7 Å². The van der Waals surface area contributed by atoms with Crippen LogP contribution in [0.4, 0.5) is 18.9 Å². The first-order valence-corrected chi connectivity index (χ1v) is 7.39. The molecule has 0 fully saturated rings. The normalized spacial score (nSPS) is 10.7. The topological polar surface area (TPSA) is 62.4 Å². The second kappa shape index (κ2) is 7.29. The second-order valence-corrected chi connectivity index (χ2v) is 5.44. The number of hydrazine groups is 1. The zero-order valence-corrected chi connectivity index (χ0v) is 12.9. The van der Waals surface area contributed by atoms with E-state index < -0.39 is 6.36 Å². The van der Waals surface area contributed by atoms with Crippen molar-refractivity contribution in [3.8, 4) is 5.75 Å². The van der Waals surface area contributed by atoms with Gasteiger partial charge in [0.15, 0.2) is 5.11 Å². The van der Waals surface area contributed by atoms with Crippen LogP contribution in [-0.2, 0) is 0 Å². The van der Waals surface area contributed by atoms with Crippen molar-refractivity contribution in [3.63, 3.8) is 0 Å². The molecule has 0 spiro atoms. The van der Waals surface area contributed by atoms with Crippen molar-refractivity contribution >= 4 is 40.3 Å². The summed E-state index contributed by atoms with van der Waals surface area (Å²) in [5.41, 5.74) is 5.31. The molecule has 0 aliphatic heterocycles. The van der Waals surface area contributed by atoms with Crippen molar-refractivity contribution in [1.29, 1.82) is 0 Å². The predicted molar refractivity (Wildman–Crippen MR) is 84.3 cm³/mol. The summed E-state index contributed by atoms with van der Waals surface area (Å²) in [4.78, 5) is 12.2. The van der Waals surface area contributed by atoms with Gasteiger partial charge in [0.1, 0.15) is 5.75 Å². The highest BCUT2D eigenvalue weighted by atomic mass is 32.1. The van der Waals surface area contributed by atoms with Crippen LogP contribution >= 0.6 is 23.6 Å². The molecule has 2 aromatic rings. The minimum absolute atomic E-state index is 0.0828. The SMILES string of the molecule is O=C(NNC(=S)Nc1ccc(OC(F)(F)F)cc1)c1cccs1. The van der Waals surface area contributed by atoms with Crippen LogP contribution in [0.2, 0.25) is 0 Å². The molecule has 0 saturated heterocycles. The molecular formula is C13H10F3N3O2S2. The number of hydrogen-bond acceptors (Lipinski definition) is 4. The molecular weight excluding hydrogens is 351 g/mol. The number of anilines is 1. The molecule has 1 aromatic carbocycles. The fourth-order valence-electron chi connectivity index (χ4n) is 1.49. The number of thiocarbonyl (C=S) groups is 1. The van der Waals surface area contributed by atoms with Crippen molar-refractivity contribution in [1.82, 2.24) is 10.9 Å². The monoisotopic (exact) mass is 361 g/mol. The van der Waals surface area contributed by atoms with Gasteiger partial charge in [-0.2, -0.15) is 0 Å². The highest BCUT2D eigenvalue weighted by Crippen LogP contribution is 2.23. The number of rotatable bonds is 3. The van der Waals surface area contributed by atoms with Gasteiger partial charge in [-0.25, -0.2) is 0 Å². The molecule has 0 aliphatic rings. The lowest BCUT2D eigenvalue weighted by atomic mass is 10.3. The molecule has 0 radical (unpaired) electrons. The number of carbonyl (C=O) groups excluding carboxylic acids is 1. The Morgan fingerprint density at radius 1 is 1.13 bits per heavy atom. The van der Waals surface area contributed by atoms with Crippen molar-refractivity contribution in [2.24, 2.45) is 0 Å². The Labute approximate surface area is 138 Å². The Morgan fingerprint density at radius 2 is 1.83 bits per heavy atom. The van der Waals surface area contributed by atoms with Gasteiger partial charge in [0.2, 0.25) is 0 Å². The van der Waals surface area contributed by atoms with Crippen LogP contribution in [-0.4, -0.2) is 17.4 Å². The average molecular weight is 361 g/mol. The van der Waals surface area contributed by atoms with Crippen LogP contribution in [0.3, 0.4) is 0 Å². The molecule has 23 heavy (non-hydrogen) atoms. The molecule has 2 rings (SSSR count). The molecule has 1 amide bonds. The largest absolute Gasteiger partial charge is 0.573 e. The maximum atomic E-state index is 12.0. The first-order valence-electron chi connectivity index (χ1n) is 6.10. The first-order chi connectivity index (χ1) is 10.8. The van der Waals surface area contributed by atoms with Crippen molar-refractivity contribution in [2.45, 2.75) is 6.36 Å². The summed E-state index contributed by atoms with van der Waals surface area (Å²) in [6, 6.07) is 8.38. The Kier molecular flexibility index (Phi) is 5.40. The fourth-order valence-corrected chi connectivity index (χ4v) is 2.27. The van der Waals surface area contributed by atoms with E-state index in [1.54, 1.807) is 17.5 Å². The van der Waals surface area contributed by atoms with Gasteiger partial charge in [-0.15, -0.1) is 24.5 Å². The van der Waals surface area contributed by atoms with Gasteiger partial charge in [0.05, 0.1) is 4.88 Å². The number of thiophene rings is 1. The number of benzene rings is 1. The summed E-state index contributed by atoms with van der Waals surface area (Å²) in [6.07, 6.45) is -4.74. The van der Waals surface area contributed by atoms with E-state index in [4.69, 9.17) is 12.2 Å². The van der Waals surface area contributed by atoms with Crippen LogP contribution < -0.4 is 20.9 Å². The lowest BCUT2D eigenvalue weighted by Gasteiger charge is -2.12. The predicted octanol–water partition coefficient (Wildman–Crippen LogP) is 3.28. The summed E-state index contributed by atoms with van der Waals surface area (Å²) < 4.78 is 39.9. The Hall–Kier alpha value is -2.33. The van der Waals surface area contributed by atoms with E-state index in [2.05, 4.69) is 20.9 Å². The summed E-state index contributed by atoms with van der Waals surface area (Å²) in [7, 11) is 0. The number of nitrogens with one attached hydrogen (secondary N) is 3. The van der Waals surface area contributed by atoms with E-state index in [1.807, 2.05) is 0 Å². The van der Waals surface area contributed by atoms with Gasteiger partial charge >= 0.3 is 6.36 Å². The number of halogens is 3. The minimum atomic E-state index is -4.74. The third-order valence-electron chi connectivity index (χ3n) is 2.38. The highest BCUT2D eigenvalue weighted by Gasteiger charge is 2.30. The lowest BCUT2D eigenvalue weighted by Crippen LogP contribution is -2.43. The third kappa shape index (κ3) is 5.75. The lowest BCUT2D eigenvalue weighted by molar-refractivity contribution is -0.274. The number of alkyl halides is 3. The summed E-state index contributed by atoms with van der Waals surface area (Å²) in [5, 5.41) is 4.55. The smallest absolute Gasteiger partial charge is 0.406 e. The average Bonchev–Trinajstić information content (AvgIpc) is 2.99. The summed E-state index contributed by atoms with van der Waals surface area (Å²) >= 11 is 6.23. The molecule has 0 unspecified atom stereocenters. The van der Waals surface area contributed by atoms with Gasteiger partial charge in [0.25, 0.3) is 5.91 Å². The van der Waals surface area contributed by atoms with Crippen LogP contribution in [0, 0.1) is 0 Å². The van der Waals surface area contributed by atoms with Gasteiger partial charge in [0, 0.05) is 5.69 Å². The van der Waals surface area contributed by atoms with E-state index in [0.29, 0.717) is 10.6 Å². The number of amides is 1. The fraction of sp³-hybridized carbons (Fsp3) is 0.0769. The first kappa shape index (κ1) is 17.0. The van der Waals surface area contributed by atoms with Crippen LogP contribution in [0.1, 0.15) is 9.67 Å². The Bertz CT molecular complexity index is 673. The number of carbonyl (C=O) groups is 1. The van der Waals surface area contributed by atoms with Gasteiger partial charge < -0.3 is 10.1 Å². The summed E-state index contributed by atoms with van der Waals surface area (Å²) in [5.74, 6) is -0.689. The maximum Gasteiger partial charge on any atom is 0.573 e. The molecule has 10 heteroatoms. The number of ether oxygens (including phenoxy) is 1. The van der Waals surface area contributed by atoms with E-state index in [9.17, 15) is 18.0 Å². The van der Waals surface area contributed by atoms with Gasteiger partial charge in [-0.05, 0) is 47.9 Å². The summed E-state index contributed by atoms with van der Waals surface area (Å²) in [6.45, 7) is 0. The zero-order valence-electron chi connectivity index (χ0n) is 11.3. The van der Waals surface area contributed by atoms with E-state index in [1.165, 1.54) is 23.5 Å². The molecule has 0 bridgehead atoms. The van der Waals surface area contributed by atoms with E-state index >= 15 is 0 Å². The van der Waals surface area contributed by atoms with Crippen molar-refractivity contribution in [2.75, 3.05) is 5.32 Å². The molecule has 0 saturated carbocycles. The van der Waals surface area contributed by atoms with Gasteiger partial charge in [-0.3, -0.25) is 15.6 Å². The zero-order chi connectivity index (χ0) is 16.9. The van der Waals surface area contributed by atoms with Crippen LogP contribution in [0.15, 0.2) is 41.8 Å². The number of hydrogen-bond donors (Lipinski definition) is 3. The third-order valence-corrected chi connectivity index (χ3v) is 3.45. The van der Waals surface area contributed by atoms with Crippen LogP contribution in [0.25, 0.3) is 0 Å². The molecule has 0 atom stereocenters. The Morgan fingerprint density at radius 3 is 2.39 bits per heavy atom. The molecule has 1 heterocycles. The molecule has 5 nitrogen and oxygen atoms in total. The Balaban J connectivity index is 1.82. The van der Waals surface area contributed by atoms with Crippen molar-refractivity contribution in [3.05, 3.63) is 46.7 Å². The molecule has 3 N–H and O–H groups in total. The van der Waals surface area contributed by atoms with Gasteiger partial charge in [-0.1, -0.05) is 6.07 Å². The molecule has 0 aliphatic carbocycles. The van der Waals surface area contributed by atoms with E-state index in [0.717, 1.165) is 12.1 Å². The maximum absolute atomic E-state index is 12.0. The second-order valence-electron chi connectivity index (χ2n) is 4.08. The molecule has 1 aromatic heterocycles. The molecule has 122 valence electrons.